The summed E-state index contributed by atoms with van der Waals surface area (Å²) in [4.78, 5) is 14.4. The van der Waals surface area contributed by atoms with Crippen LogP contribution in [0.15, 0.2) is 42.6 Å². The predicted molar refractivity (Wildman–Crippen MR) is 92.2 cm³/mol. The van der Waals surface area contributed by atoms with E-state index in [2.05, 4.69) is 0 Å². The fraction of sp³-hybridized carbons (Fsp3) is 0.421. The maximum absolute atomic E-state index is 12.6. The number of hydrogen-bond donors (Lipinski definition) is 1. The monoisotopic (exact) mass is 328 g/mol. The van der Waals surface area contributed by atoms with Gasteiger partial charge in [0.15, 0.2) is 0 Å². The van der Waals surface area contributed by atoms with Crippen molar-refractivity contribution in [3.63, 3.8) is 0 Å². The number of aryl methyl sites for hydroxylation is 2. The Hall–Kier alpha value is -2.27. The molecule has 0 aliphatic carbocycles. The smallest absolute Gasteiger partial charge is 0.270 e. The van der Waals surface area contributed by atoms with Gasteiger partial charge in [-0.3, -0.25) is 4.79 Å². The van der Waals surface area contributed by atoms with Crippen molar-refractivity contribution in [2.45, 2.75) is 25.4 Å². The van der Waals surface area contributed by atoms with E-state index in [-0.39, 0.29) is 12.5 Å². The van der Waals surface area contributed by atoms with Crippen LogP contribution in [0.2, 0.25) is 0 Å². The summed E-state index contributed by atoms with van der Waals surface area (Å²) >= 11 is 0. The summed E-state index contributed by atoms with van der Waals surface area (Å²) in [6.07, 6.45) is 3.25. The van der Waals surface area contributed by atoms with E-state index in [4.69, 9.17) is 4.74 Å². The first-order valence-electron chi connectivity index (χ1n) is 8.29. The van der Waals surface area contributed by atoms with E-state index >= 15 is 0 Å². The maximum Gasteiger partial charge on any atom is 0.270 e. The van der Waals surface area contributed by atoms with Gasteiger partial charge in [0.1, 0.15) is 23.7 Å². The SMILES string of the molecule is Cc1cccc(OC[C@]2(O)CCCN(C(=O)c3cccn3C)C2)c1. The molecule has 1 aliphatic heterocycles. The third kappa shape index (κ3) is 3.62. The molecule has 0 spiro atoms. The zero-order chi connectivity index (χ0) is 17.2. The van der Waals surface area contributed by atoms with Gasteiger partial charge in [-0.2, -0.15) is 0 Å². The molecular formula is C19H24N2O3. The zero-order valence-corrected chi connectivity index (χ0v) is 14.2. The third-order valence-electron chi connectivity index (χ3n) is 4.50. The number of rotatable bonds is 4. The number of hydrogen-bond acceptors (Lipinski definition) is 3. The molecule has 2 aromatic rings. The van der Waals surface area contributed by atoms with Gasteiger partial charge in [-0.05, 0) is 49.6 Å². The minimum absolute atomic E-state index is 0.0452. The van der Waals surface area contributed by atoms with Crippen molar-refractivity contribution in [3.8, 4) is 5.75 Å². The second-order valence-corrected chi connectivity index (χ2v) is 6.66. The number of piperidine rings is 1. The van der Waals surface area contributed by atoms with Crippen molar-refractivity contribution in [3.05, 3.63) is 53.9 Å². The summed E-state index contributed by atoms with van der Waals surface area (Å²) in [5.41, 5.74) is 0.741. The third-order valence-corrected chi connectivity index (χ3v) is 4.50. The molecule has 5 heteroatoms. The molecule has 1 amide bonds. The van der Waals surface area contributed by atoms with E-state index in [9.17, 15) is 9.90 Å². The Morgan fingerprint density at radius 1 is 1.33 bits per heavy atom. The average molecular weight is 328 g/mol. The Morgan fingerprint density at radius 3 is 2.88 bits per heavy atom. The van der Waals surface area contributed by atoms with Gasteiger partial charge in [-0.15, -0.1) is 0 Å². The van der Waals surface area contributed by atoms with Gasteiger partial charge >= 0.3 is 0 Å². The Bertz CT molecular complexity index is 725. The topological polar surface area (TPSA) is 54.7 Å². The second-order valence-electron chi connectivity index (χ2n) is 6.66. The van der Waals surface area contributed by atoms with E-state index < -0.39 is 5.60 Å². The van der Waals surface area contributed by atoms with E-state index in [0.29, 0.717) is 25.2 Å². The number of aliphatic hydroxyl groups is 1. The molecule has 0 radical (unpaired) electrons. The van der Waals surface area contributed by atoms with Crippen LogP contribution in [0.3, 0.4) is 0 Å². The zero-order valence-electron chi connectivity index (χ0n) is 14.2. The van der Waals surface area contributed by atoms with Gasteiger partial charge in [0.25, 0.3) is 5.91 Å². The number of aromatic nitrogens is 1. The molecule has 5 nitrogen and oxygen atoms in total. The first-order valence-corrected chi connectivity index (χ1v) is 8.29. The molecule has 1 aromatic carbocycles. The summed E-state index contributed by atoms with van der Waals surface area (Å²) in [7, 11) is 1.85. The lowest BCUT2D eigenvalue weighted by atomic mass is 9.93. The molecule has 0 bridgehead atoms. The summed E-state index contributed by atoms with van der Waals surface area (Å²) < 4.78 is 7.58. The maximum atomic E-state index is 12.6. The minimum Gasteiger partial charge on any atom is -0.491 e. The molecule has 128 valence electrons. The van der Waals surface area contributed by atoms with Gasteiger partial charge in [-0.25, -0.2) is 0 Å². The fourth-order valence-corrected chi connectivity index (χ4v) is 3.17. The van der Waals surface area contributed by atoms with E-state index in [1.54, 1.807) is 15.5 Å². The number of amides is 1. The first kappa shape index (κ1) is 16.6. The van der Waals surface area contributed by atoms with Crippen molar-refractivity contribution in [1.82, 2.24) is 9.47 Å². The molecule has 3 rings (SSSR count). The molecule has 0 saturated carbocycles. The van der Waals surface area contributed by atoms with Gasteiger partial charge in [0.05, 0.1) is 6.54 Å². The number of benzene rings is 1. The van der Waals surface area contributed by atoms with Gasteiger partial charge in [0, 0.05) is 19.8 Å². The highest BCUT2D eigenvalue weighted by molar-refractivity contribution is 5.92. The highest BCUT2D eigenvalue weighted by atomic mass is 16.5. The molecule has 1 atom stereocenters. The van der Waals surface area contributed by atoms with E-state index in [1.807, 2.05) is 50.5 Å². The number of ether oxygens (including phenoxy) is 1. The number of carbonyl (C=O) groups excluding carboxylic acids is 1. The average Bonchev–Trinajstić information content (AvgIpc) is 2.99. The molecule has 24 heavy (non-hydrogen) atoms. The quantitative estimate of drug-likeness (QED) is 0.937. The van der Waals surface area contributed by atoms with Crippen molar-refractivity contribution in [2.24, 2.45) is 7.05 Å². The summed E-state index contributed by atoms with van der Waals surface area (Å²) in [5.74, 6) is 0.700. The first-order chi connectivity index (χ1) is 11.5. The number of nitrogens with zero attached hydrogens (tertiary/aromatic N) is 2. The van der Waals surface area contributed by atoms with Crippen LogP contribution in [-0.4, -0.2) is 45.8 Å². The summed E-state index contributed by atoms with van der Waals surface area (Å²) in [6.45, 7) is 3.15. The minimum atomic E-state index is -1.01. The van der Waals surface area contributed by atoms with Gasteiger partial charge < -0.3 is 19.3 Å². The predicted octanol–water partition coefficient (Wildman–Crippen LogP) is 2.38. The standard InChI is InChI=1S/C19H24N2O3/c1-15-6-3-7-16(12-15)24-14-19(23)9-5-11-21(13-19)18(22)17-8-4-10-20(17)2/h3-4,6-8,10,12,23H,5,9,11,13-14H2,1-2H3/t19-/m0/s1. The lowest BCUT2D eigenvalue weighted by molar-refractivity contribution is -0.0533. The Morgan fingerprint density at radius 2 is 2.17 bits per heavy atom. The van der Waals surface area contributed by atoms with Crippen LogP contribution >= 0.6 is 0 Å². The lowest BCUT2D eigenvalue weighted by Gasteiger charge is -2.39. The molecule has 0 unspecified atom stereocenters. The lowest BCUT2D eigenvalue weighted by Crippen LogP contribution is -2.53. The normalized spacial score (nSPS) is 20.9. The Balaban J connectivity index is 1.65. The van der Waals surface area contributed by atoms with Crippen LogP contribution in [0.25, 0.3) is 0 Å². The van der Waals surface area contributed by atoms with Gasteiger partial charge in [0.2, 0.25) is 0 Å². The molecule has 1 aliphatic rings. The van der Waals surface area contributed by atoms with Crippen LogP contribution < -0.4 is 4.74 Å². The van der Waals surface area contributed by atoms with Crippen molar-refractivity contribution >= 4 is 5.91 Å². The van der Waals surface area contributed by atoms with Gasteiger partial charge in [-0.1, -0.05) is 12.1 Å². The Labute approximate surface area is 142 Å². The van der Waals surface area contributed by atoms with Crippen molar-refractivity contribution in [1.29, 1.82) is 0 Å². The van der Waals surface area contributed by atoms with Crippen LogP contribution in [0.5, 0.6) is 5.75 Å². The van der Waals surface area contributed by atoms with Crippen molar-refractivity contribution in [2.75, 3.05) is 19.7 Å². The molecular weight excluding hydrogens is 304 g/mol. The fourth-order valence-electron chi connectivity index (χ4n) is 3.17. The molecule has 1 aromatic heterocycles. The summed E-state index contributed by atoms with van der Waals surface area (Å²) in [6, 6.07) is 11.4. The largest absolute Gasteiger partial charge is 0.491 e. The number of β-amino-alcohol motifs (C(OH)–C–C–N with tert-alkyl or cyclic N) is 1. The highest BCUT2D eigenvalue weighted by Crippen LogP contribution is 2.24. The Kier molecular flexibility index (Phi) is 4.62. The van der Waals surface area contributed by atoms with E-state index in [1.165, 1.54) is 0 Å². The van der Waals surface area contributed by atoms with Crippen LogP contribution in [0, 0.1) is 6.92 Å². The summed E-state index contributed by atoms with van der Waals surface area (Å²) in [5, 5.41) is 10.9. The number of carbonyl (C=O) groups is 1. The van der Waals surface area contributed by atoms with E-state index in [0.717, 1.165) is 17.7 Å². The molecule has 1 saturated heterocycles. The molecule has 1 fully saturated rings. The van der Waals surface area contributed by atoms with Crippen LogP contribution in [-0.2, 0) is 7.05 Å². The van der Waals surface area contributed by atoms with Crippen LogP contribution in [0.4, 0.5) is 0 Å². The highest BCUT2D eigenvalue weighted by Gasteiger charge is 2.36. The van der Waals surface area contributed by atoms with Crippen molar-refractivity contribution < 1.29 is 14.6 Å². The molecule has 2 heterocycles. The number of likely N-dealkylation sites (tertiary alicyclic amines) is 1. The second kappa shape index (κ2) is 6.69. The molecule has 1 N–H and O–H groups in total. The van der Waals surface area contributed by atoms with Crippen LogP contribution in [0.1, 0.15) is 28.9 Å².